The maximum absolute atomic E-state index is 14.0. The summed E-state index contributed by atoms with van der Waals surface area (Å²) in [4.78, 5) is 20.1. The van der Waals surface area contributed by atoms with Crippen LogP contribution < -0.4 is 9.62 Å². The SMILES string of the molecule is C=C/C(=C\N=C(C)OC)CN(C(=O)C1CC1c1ccccc1)c1ccc2c(c1)C(NS(=O)(=O)c1ccc(F)cc1)CC2. The molecular formula is C33H34FN3O4S. The summed E-state index contributed by atoms with van der Waals surface area (Å²) in [6.07, 6.45) is 5.34. The van der Waals surface area contributed by atoms with Gasteiger partial charge in [0.2, 0.25) is 15.9 Å². The monoisotopic (exact) mass is 587 g/mol. The van der Waals surface area contributed by atoms with E-state index in [1.54, 1.807) is 24.1 Å². The lowest BCUT2D eigenvalue weighted by molar-refractivity contribution is -0.119. The van der Waals surface area contributed by atoms with Crippen LogP contribution in [0.25, 0.3) is 0 Å². The van der Waals surface area contributed by atoms with E-state index in [0.29, 0.717) is 24.4 Å². The van der Waals surface area contributed by atoms with Crippen LogP contribution in [0.2, 0.25) is 0 Å². The first-order valence-corrected chi connectivity index (χ1v) is 15.4. The molecule has 3 atom stereocenters. The highest BCUT2D eigenvalue weighted by Gasteiger charge is 2.46. The summed E-state index contributed by atoms with van der Waals surface area (Å²) in [5, 5.41) is 0. The summed E-state index contributed by atoms with van der Waals surface area (Å²) in [5.41, 5.74) is 4.38. The molecule has 0 aromatic heterocycles. The fraction of sp³-hybridized carbons (Fsp3) is 0.273. The van der Waals surface area contributed by atoms with Crippen molar-refractivity contribution < 1.29 is 22.3 Å². The highest BCUT2D eigenvalue weighted by Crippen LogP contribution is 2.49. The quantitative estimate of drug-likeness (QED) is 0.177. The number of hydrogen-bond donors (Lipinski definition) is 1. The third kappa shape index (κ3) is 6.53. The molecule has 218 valence electrons. The zero-order valence-electron chi connectivity index (χ0n) is 23.7. The number of aliphatic imine (C=N–C) groups is 1. The molecule has 2 aliphatic rings. The Balaban J connectivity index is 1.45. The number of ether oxygens (including phenoxy) is 1. The maximum Gasteiger partial charge on any atom is 0.241 e. The molecule has 1 amide bonds. The van der Waals surface area contributed by atoms with Crippen LogP contribution in [0.3, 0.4) is 0 Å². The molecule has 1 saturated carbocycles. The number of rotatable bonds is 10. The van der Waals surface area contributed by atoms with Crippen molar-refractivity contribution in [3.05, 3.63) is 120 Å². The van der Waals surface area contributed by atoms with Gasteiger partial charge in [0.15, 0.2) is 5.90 Å². The van der Waals surface area contributed by atoms with E-state index in [1.807, 2.05) is 48.5 Å². The highest BCUT2D eigenvalue weighted by molar-refractivity contribution is 7.89. The van der Waals surface area contributed by atoms with Gasteiger partial charge in [0.05, 0.1) is 18.6 Å². The average Bonchev–Trinajstić information content (AvgIpc) is 3.72. The first-order valence-electron chi connectivity index (χ1n) is 13.9. The second kappa shape index (κ2) is 12.4. The van der Waals surface area contributed by atoms with E-state index in [-0.39, 0.29) is 29.2 Å². The van der Waals surface area contributed by atoms with Crippen LogP contribution >= 0.6 is 0 Å². The number of aryl methyl sites for hydroxylation is 1. The van der Waals surface area contributed by atoms with Crippen molar-refractivity contribution in [1.29, 1.82) is 0 Å². The number of halogens is 1. The Hall–Kier alpha value is -4.08. The number of anilines is 1. The summed E-state index contributed by atoms with van der Waals surface area (Å²) >= 11 is 0. The number of sulfonamides is 1. The van der Waals surface area contributed by atoms with E-state index in [2.05, 4.69) is 16.3 Å². The number of nitrogens with zero attached hydrogens (tertiary/aromatic N) is 2. The van der Waals surface area contributed by atoms with Crippen molar-refractivity contribution in [2.45, 2.75) is 43.0 Å². The number of fused-ring (bicyclic) bond motifs is 1. The Kier molecular flexibility index (Phi) is 8.70. The Labute approximate surface area is 246 Å². The molecule has 2 aliphatic carbocycles. The van der Waals surface area contributed by atoms with Crippen molar-refractivity contribution in [3.8, 4) is 0 Å². The summed E-state index contributed by atoms with van der Waals surface area (Å²) in [6.45, 7) is 5.90. The fourth-order valence-corrected chi connectivity index (χ4v) is 6.60. The number of benzene rings is 3. The first-order chi connectivity index (χ1) is 20.2. The molecule has 0 heterocycles. The number of amides is 1. The Morgan fingerprint density at radius 1 is 1.14 bits per heavy atom. The summed E-state index contributed by atoms with van der Waals surface area (Å²) in [6, 6.07) is 20.1. The van der Waals surface area contributed by atoms with E-state index in [0.717, 1.165) is 40.8 Å². The molecule has 0 bridgehead atoms. The van der Waals surface area contributed by atoms with E-state index in [4.69, 9.17) is 4.74 Å². The second-order valence-corrected chi connectivity index (χ2v) is 12.3. The number of carbonyl (C=O) groups excluding carboxylic acids is 1. The fourth-order valence-electron chi connectivity index (χ4n) is 5.35. The molecule has 3 aromatic carbocycles. The minimum Gasteiger partial charge on any atom is -0.484 e. The molecule has 1 N–H and O–H groups in total. The van der Waals surface area contributed by atoms with Gasteiger partial charge in [-0.15, -0.1) is 0 Å². The summed E-state index contributed by atoms with van der Waals surface area (Å²) < 4.78 is 47.5. The predicted octanol–water partition coefficient (Wildman–Crippen LogP) is 6.06. The van der Waals surface area contributed by atoms with Crippen molar-refractivity contribution in [1.82, 2.24) is 4.72 Å². The molecule has 1 fully saturated rings. The minimum atomic E-state index is -3.88. The highest BCUT2D eigenvalue weighted by atomic mass is 32.2. The van der Waals surface area contributed by atoms with Crippen molar-refractivity contribution in [2.24, 2.45) is 10.9 Å². The standard InChI is InChI=1S/C33H34FN3O4S/c1-4-23(20-35-22(2)41-3)21-37(33(38)31-19-29(31)24-8-6-5-7-9-24)27-14-10-25-11-17-32(30(25)18-27)36-42(39,40)28-15-12-26(34)13-16-28/h4-10,12-16,18,20,29,31-32,36H,1,11,17,19,21H2,2-3H3/b23-20+,35-22?. The Morgan fingerprint density at radius 2 is 1.88 bits per heavy atom. The second-order valence-electron chi connectivity index (χ2n) is 10.6. The molecule has 0 saturated heterocycles. The minimum absolute atomic E-state index is 0.00124. The molecule has 0 radical (unpaired) electrons. The molecule has 9 heteroatoms. The summed E-state index contributed by atoms with van der Waals surface area (Å²) in [7, 11) is -2.34. The van der Waals surface area contributed by atoms with E-state index < -0.39 is 21.9 Å². The van der Waals surface area contributed by atoms with Gasteiger partial charge < -0.3 is 9.64 Å². The van der Waals surface area contributed by atoms with E-state index >= 15 is 0 Å². The van der Waals surface area contributed by atoms with E-state index in [9.17, 15) is 17.6 Å². The van der Waals surface area contributed by atoms with Gasteiger partial charge in [-0.25, -0.2) is 22.5 Å². The third-order valence-electron chi connectivity index (χ3n) is 7.85. The predicted molar refractivity (Wildman–Crippen MR) is 162 cm³/mol. The molecule has 3 aromatic rings. The number of nitrogens with one attached hydrogen (secondary N) is 1. The lowest BCUT2D eigenvalue weighted by Crippen LogP contribution is -2.34. The lowest BCUT2D eigenvalue weighted by atomic mass is 10.1. The van der Waals surface area contributed by atoms with Crippen LogP contribution in [-0.2, 0) is 26.0 Å². The molecule has 3 unspecified atom stereocenters. The van der Waals surface area contributed by atoms with Gasteiger partial charge in [-0.1, -0.05) is 49.1 Å². The number of methoxy groups -OCH3 is 1. The molecule has 7 nitrogen and oxygen atoms in total. The van der Waals surface area contributed by atoms with Gasteiger partial charge in [0, 0.05) is 30.8 Å². The summed E-state index contributed by atoms with van der Waals surface area (Å²) in [5.74, 6) is -0.0481. The van der Waals surface area contributed by atoms with Gasteiger partial charge in [-0.3, -0.25) is 4.79 Å². The topological polar surface area (TPSA) is 88.1 Å². The lowest BCUT2D eigenvalue weighted by Gasteiger charge is -2.25. The molecule has 42 heavy (non-hydrogen) atoms. The maximum atomic E-state index is 14.0. The van der Waals surface area contributed by atoms with Crippen LogP contribution in [0.4, 0.5) is 10.1 Å². The van der Waals surface area contributed by atoms with Gasteiger partial charge in [0.1, 0.15) is 5.82 Å². The van der Waals surface area contributed by atoms with Gasteiger partial charge in [-0.2, -0.15) is 0 Å². The number of hydrogen-bond acceptors (Lipinski definition) is 5. The van der Waals surface area contributed by atoms with Crippen LogP contribution in [0.5, 0.6) is 0 Å². The molecule has 0 aliphatic heterocycles. The zero-order chi connectivity index (χ0) is 29.9. The van der Waals surface area contributed by atoms with Crippen molar-refractivity contribution >= 4 is 27.5 Å². The van der Waals surface area contributed by atoms with E-state index in [1.165, 1.54) is 19.2 Å². The Morgan fingerprint density at radius 3 is 2.57 bits per heavy atom. The molecule has 0 spiro atoms. The van der Waals surface area contributed by atoms with Gasteiger partial charge in [-0.05, 0) is 83.8 Å². The molecule has 5 rings (SSSR count). The smallest absolute Gasteiger partial charge is 0.241 e. The Bertz CT molecular complexity index is 1640. The van der Waals surface area contributed by atoms with Crippen molar-refractivity contribution in [2.75, 3.05) is 18.6 Å². The van der Waals surface area contributed by atoms with Crippen LogP contribution in [0.1, 0.15) is 48.4 Å². The largest absolute Gasteiger partial charge is 0.484 e. The van der Waals surface area contributed by atoms with Gasteiger partial charge in [0.25, 0.3) is 0 Å². The average molecular weight is 588 g/mol. The van der Waals surface area contributed by atoms with Crippen molar-refractivity contribution in [3.63, 3.8) is 0 Å². The van der Waals surface area contributed by atoms with Crippen LogP contribution in [-0.4, -0.2) is 33.9 Å². The molecular weight excluding hydrogens is 553 g/mol. The number of carbonyl (C=O) groups is 1. The normalized spacial score (nSPS) is 20.1. The first kappa shape index (κ1) is 29.4. The van der Waals surface area contributed by atoms with Gasteiger partial charge >= 0.3 is 0 Å². The van der Waals surface area contributed by atoms with Crippen LogP contribution in [0, 0.1) is 11.7 Å². The van der Waals surface area contributed by atoms with Crippen LogP contribution in [0.15, 0.2) is 107 Å². The zero-order valence-corrected chi connectivity index (χ0v) is 24.5. The third-order valence-corrected chi connectivity index (χ3v) is 9.34.